The second-order valence-electron chi connectivity index (χ2n) is 4.69. The average molecular weight is 222 g/mol. The maximum absolute atomic E-state index is 13.2. The summed E-state index contributed by atoms with van der Waals surface area (Å²) in [7, 11) is 2.07. The summed E-state index contributed by atoms with van der Waals surface area (Å²) >= 11 is 0. The molecule has 1 saturated carbocycles. The van der Waals surface area contributed by atoms with E-state index in [0.717, 1.165) is 11.3 Å². The van der Waals surface area contributed by atoms with E-state index >= 15 is 0 Å². The van der Waals surface area contributed by atoms with Gasteiger partial charge in [0.05, 0.1) is 0 Å². The second kappa shape index (κ2) is 4.42. The average Bonchev–Trinajstić information content (AvgIpc) is 2.14. The Morgan fingerprint density at radius 2 is 2.12 bits per heavy atom. The first-order valence-corrected chi connectivity index (χ1v) is 5.87. The summed E-state index contributed by atoms with van der Waals surface area (Å²) in [5, 5.41) is 0. The van der Waals surface area contributed by atoms with Crippen molar-refractivity contribution in [2.45, 2.75) is 38.3 Å². The molecule has 1 aromatic carbocycles. The molecule has 16 heavy (non-hydrogen) atoms. The Hall–Kier alpha value is -1.09. The highest BCUT2D eigenvalue weighted by Crippen LogP contribution is 2.32. The fourth-order valence-corrected chi connectivity index (χ4v) is 2.18. The van der Waals surface area contributed by atoms with Crippen LogP contribution in [0.2, 0.25) is 0 Å². The lowest BCUT2D eigenvalue weighted by Gasteiger charge is -2.37. The van der Waals surface area contributed by atoms with Crippen LogP contribution in [-0.2, 0) is 0 Å². The third kappa shape index (κ3) is 2.05. The first-order valence-electron chi connectivity index (χ1n) is 5.87. The van der Waals surface area contributed by atoms with Crippen LogP contribution in [0.3, 0.4) is 0 Å². The molecule has 1 fully saturated rings. The maximum Gasteiger partial charge on any atom is 0.123 e. The van der Waals surface area contributed by atoms with Gasteiger partial charge in [0.2, 0.25) is 0 Å². The minimum Gasteiger partial charge on any atom is -0.371 e. The van der Waals surface area contributed by atoms with Crippen molar-refractivity contribution in [2.75, 3.05) is 11.9 Å². The lowest BCUT2D eigenvalue weighted by molar-refractivity contribution is 0.400. The number of benzene rings is 1. The van der Waals surface area contributed by atoms with Gasteiger partial charge in [-0.25, -0.2) is 4.39 Å². The Bertz CT molecular complexity index is 372. The zero-order valence-electron chi connectivity index (χ0n) is 9.91. The summed E-state index contributed by atoms with van der Waals surface area (Å²) in [6.07, 6.45) is 3.75. The molecule has 0 bridgehead atoms. The minimum absolute atomic E-state index is 0.131. The highest BCUT2D eigenvalue weighted by molar-refractivity contribution is 5.55. The predicted molar refractivity (Wildman–Crippen MR) is 65.0 cm³/mol. The van der Waals surface area contributed by atoms with E-state index in [4.69, 9.17) is 5.73 Å². The first kappa shape index (κ1) is 11.4. The molecule has 2 N–H and O–H groups in total. The Morgan fingerprint density at radius 1 is 1.44 bits per heavy atom. The smallest absolute Gasteiger partial charge is 0.123 e. The van der Waals surface area contributed by atoms with Gasteiger partial charge in [-0.3, -0.25) is 0 Å². The predicted octanol–water partition coefficient (Wildman–Crippen LogP) is 2.83. The molecule has 0 aliphatic heterocycles. The van der Waals surface area contributed by atoms with E-state index in [0.29, 0.717) is 6.04 Å². The van der Waals surface area contributed by atoms with Crippen molar-refractivity contribution in [1.29, 1.82) is 0 Å². The van der Waals surface area contributed by atoms with Crippen LogP contribution in [0.1, 0.15) is 37.8 Å². The Balaban J connectivity index is 2.30. The van der Waals surface area contributed by atoms with Crippen molar-refractivity contribution in [2.24, 2.45) is 5.73 Å². The molecule has 0 aromatic heterocycles. The van der Waals surface area contributed by atoms with E-state index in [2.05, 4.69) is 11.9 Å². The van der Waals surface area contributed by atoms with Crippen molar-refractivity contribution in [3.63, 3.8) is 0 Å². The largest absolute Gasteiger partial charge is 0.371 e. The molecule has 2 rings (SSSR count). The van der Waals surface area contributed by atoms with Gasteiger partial charge < -0.3 is 10.6 Å². The molecule has 0 amide bonds. The van der Waals surface area contributed by atoms with Crippen LogP contribution in [-0.4, -0.2) is 13.1 Å². The van der Waals surface area contributed by atoms with Crippen LogP contribution in [0.4, 0.5) is 10.1 Å². The number of halogens is 1. The molecule has 0 spiro atoms. The molecule has 88 valence electrons. The van der Waals surface area contributed by atoms with Crippen LogP contribution < -0.4 is 10.6 Å². The number of hydrogen-bond acceptors (Lipinski definition) is 2. The monoisotopic (exact) mass is 222 g/mol. The van der Waals surface area contributed by atoms with Gasteiger partial charge in [0, 0.05) is 24.8 Å². The molecule has 2 nitrogen and oxygen atoms in total. The summed E-state index contributed by atoms with van der Waals surface area (Å²) in [6, 6.07) is 5.37. The molecule has 0 saturated heterocycles. The van der Waals surface area contributed by atoms with E-state index in [1.807, 2.05) is 13.0 Å². The van der Waals surface area contributed by atoms with Crippen molar-refractivity contribution in [1.82, 2.24) is 0 Å². The van der Waals surface area contributed by atoms with E-state index in [9.17, 15) is 4.39 Å². The van der Waals surface area contributed by atoms with Gasteiger partial charge in [-0.2, -0.15) is 0 Å². The van der Waals surface area contributed by atoms with Crippen LogP contribution >= 0.6 is 0 Å². The molecule has 1 aliphatic carbocycles. The Kier molecular flexibility index (Phi) is 3.15. The maximum atomic E-state index is 13.2. The molecule has 0 unspecified atom stereocenters. The van der Waals surface area contributed by atoms with Crippen LogP contribution in [0.15, 0.2) is 18.2 Å². The zero-order valence-corrected chi connectivity index (χ0v) is 9.91. The summed E-state index contributed by atoms with van der Waals surface area (Å²) in [6.45, 7) is 1.90. The molecule has 1 aromatic rings. The van der Waals surface area contributed by atoms with Crippen molar-refractivity contribution >= 4 is 5.69 Å². The lowest BCUT2D eigenvalue weighted by atomic mass is 9.90. The number of nitrogens with zero attached hydrogens (tertiary/aromatic N) is 1. The van der Waals surface area contributed by atoms with Gasteiger partial charge in [-0.15, -0.1) is 0 Å². The molecule has 1 atom stereocenters. The molecule has 3 heteroatoms. The fourth-order valence-electron chi connectivity index (χ4n) is 2.18. The van der Waals surface area contributed by atoms with Crippen molar-refractivity contribution in [3.05, 3.63) is 29.6 Å². The number of nitrogens with two attached hydrogens (primary N) is 1. The van der Waals surface area contributed by atoms with Gasteiger partial charge in [0.1, 0.15) is 5.82 Å². The Labute approximate surface area is 96.2 Å². The van der Waals surface area contributed by atoms with Gasteiger partial charge >= 0.3 is 0 Å². The van der Waals surface area contributed by atoms with E-state index in [-0.39, 0.29) is 11.9 Å². The topological polar surface area (TPSA) is 29.3 Å². The molecule has 0 heterocycles. The van der Waals surface area contributed by atoms with Gasteiger partial charge in [0.25, 0.3) is 0 Å². The summed E-state index contributed by atoms with van der Waals surface area (Å²) in [5.41, 5.74) is 7.86. The third-order valence-electron chi connectivity index (χ3n) is 3.48. The molecular weight excluding hydrogens is 203 g/mol. The lowest BCUT2D eigenvalue weighted by Crippen LogP contribution is -2.38. The van der Waals surface area contributed by atoms with Gasteiger partial charge in [0.15, 0.2) is 0 Å². The summed E-state index contributed by atoms with van der Waals surface area (Å²) < 4.78 is 13.2. The highest BCUT2D eigenvalue weighted by Gasteiger charge is 2.24. The van der Waals surface area contributed by atoms with E-state index in [1.54, 1.807) is 6.07 Å². The quantitative estimate of drug-likeness (QED) is 0.852. The minimum atomic E-state index is -0.210. The van der Waals surface area contributed by atoms with Crippen LogP contribution in [0.25, 0.3) is 0 Å². The SMILES string of the molecule is C[C@@H](N)c1cc(F)ccc1N(C)C1CCC1. The number of anilines is 1. The van der Waals surface area contributed by atoms with Crippen molar-refractivity contribution < 1.29 is 4.39 Å². The summed E-state index contributed by atoms with van der Waals surface area (Å²) in [5.74, 6) is -0.210. The van der Waals surface area contributed by atoms with E-state index < -0.39 is 0 Å². The normalized spacial score (nSPS) is 18.0. The van der Waals surface area contributed by atoms with Gasteiger partial charge in [-0.1, -0.05) is 0 Å². The standard InChI is InChI=1S/C13H19FN2/c1-9(15)12-8-10(14)6-7-13(12)16(2)11-4-3-5-11/h6-9,11H,3-5,15H2,1-2H3/t9-/m1/s1. The number of rotatable bonds is 3. The second-order valence-corrected chi connectivity index (χ2v) is 4.69. The number of hydrogen-bond donors (Lipinski definition) is 1. The fraction of sp³-hybridized carbons (Fsp3) is 0.538. The summed E-state index contributed by atoms with van der Waals surface area (Å²) in [4.78, 5) is 2.24. The third-order valence-corrected chi connectivity index (χ3v) is 3.48. The van der Waals surface area contributed by atoms with Gasteiger partial charge in [-0.05, 0) is 49.9 Å². The first-order chi connectivity index (χ1) is 7.59. The van der Waals surface area contributed by atoms with E-state index in [1.165, 1.54) is 25.3 Å². The highest BCUT2D eigenvalue weighted by atomic mass is 19.1. The zero-order chi connectivity index (χ0) is 11.7. The molecule has 0 radical (unpaired) electrons. The Morgan fingerprint density at radius 3 is 2.62 bits per heavy atom. The van der Waals surface area contributed by atoms with Crippen molar-refractivity contribution in [3.8, 4) is 0 Å². The molecule has 1 aliphatic rings. The van der Waals surface area contributed by atoms with Crippen LogP contribution in [0.5, 0.6) is 0 Å². The molecular formula is C13H19FN2. The van der Waals surface area contributed by atoms with Crippen LogP contribution in [0, 0.1) is 5.82 Å².